The highest BCUT2D eigenvalue weighted by atomic mass is 19.2. The number of fused-ring (bicyclic) bond motifs is 1. The normalized spacial score (nSPS) is 13.2. The van der Waals surface area contributed by atoms with Crippen molar-refractivity contribution in [2.45, 2.75) is 6.42 Å². The van der Waals surface area contributed by atoms with Gasteiger partial charge in [0.1, 0.15) is 0 Å². The molecule has 0 spiro atoms. The van der Waals surface area contributed by atoms with Gasteiger partial charge >= 0.3 is 0 Å². The second-order valence-electron chi connectivity index (χ2n) is 6.09. The Morgan fingerprint density at radius 3 is 2.08 bits per heavy atom. The van der Waals surface area contributed by atoms with Gasteiger partial charge in [-0.05, 0) is 46.9 Å². The van der Waals surface area contributed by atoms with Crippen LogP contribution in [0, 0.1) is 17.5 Å². The van der Waals surface area contributed by atoms with E-state index in [1.165, 1.54) is 12.1 Å². The Labute approximate surface area is 147 Å². The van der Waals surface area contributed by atoms with Crippen molar-refractivity contribution in [2.75, 3.05) is 0 Å². The van der Waals surface area contributed by atoms with E-state index in [0.29, 0.717) is 22.3 Å². The van der Waals surface area contributed by atoms with Crippen LogP contribution in [0.1, 0.15) is 22.3 Å². The molecule has 0 aromatic heterocycles. The summed E-state index contributed by atoms with van der Waals surface area (Å²) >= 11 is 0. The Bertz CT molecular complexity index is 1060. The second kappa shape index (κ2) is 5.95. The number of phenolic OH excluding ortho intramolecular Hbond substituents is 2. The second-order valence-corrected chi connectivity index (χ2v) is 6.09. The lowest BCUT2D eigenvalue weighted by Crippen LogP contribution is -1.97. The first kappa shape index (κ1) is 16.3. The molecule has 0 aliphatic heterocycles. The summed E-state index contributed by atoms with van der Waals surface area (Å²) in [6.07, 6.45) is 0.178. The molecule has 0 radical (unpaired) electrons. The van der Waals surface area contributed by atoms with E-state index in [2.05, 4.69) is 0 Å². The van der Waals surface area contributed by atoms with E-state index in [0.717, 1.165) is 6.07 Å². The number of phenols is 2. The fourth-order valence-corrected chi connectivity index (χ4v) is 3.38. The lowest BCUT2D eigenvalue weighted by atomic mass is 9.93. The molecule has 0 amide bonds. The van der Waals surface area contributed by atoms with Crippen molar-refractivity contribution >= 4 is 11.1 Å². The van der Waals surface area contributed by atoms with Crippen molar-refractivity contribution < 1.29 is 23.4 Å². The van der Waals surface area contributed by atoms with Gasteiger partial charge in [0.15, 0.2) is 23.1 Å². The van der Waals surface area contributed by atoms with Gasteiger partial charge in [0.2, 0.25) is 5.82 Å². The summed E-state index contributed by atoms with van der Waals surface area (Å²) in [7, 11) is 0. The minimum atomic E-state index is -1.35. The van der Waals surface area contributed by atoms with Gasteiger partial charge in [-0.1, -0.05) is 36.4 Å². The third-order valence-corrected chi connectivity index (χ3v) is 4.58. The van der Waals surface area contributed by atoms with E-state index in [9.17, 15) is 23.4 Å². The summed E-state index contributed by atoms with van der Waals surface area (Å²) in [6.45, 7) is 0. The van der Waals surface area contributed by atoms with Crippen LogP contribution in [0.5, 0.6) is 11.5 Å². The fourth-order valence-electron chi connectivity index (χ4n) is 3.38. The first-order valence-electron chi connectivity index (χ1n) is 7.95. The SMILES string of the molecule is Oc1ccc(C2=C(c3ccccc3)c3c(ccc(O)c3F)C2)c(F)c1F. The monoisotopic (exact) mass is 354 g/mol. The van der Waals surface area contributed by atoms with Gasteiger partial charge in [0, 0.05) is 11.1 Å². The number of hydrogen-bond acceptors (Lipinski definition) is 2. The number of benzene rings is 3. The fraction of sp³-hybridized carbons (Fsp3) is 0.0476. The maximum atomic E-state index is 14.7. The molecule has 1 aliphatic rings. The summed E-state index contributed by atoms with van der Waals surface area (Å²) in [5, 5.41) is 19.2. The number of halogens is 3. The molecular formula is C21H13F3O2. The van der Waals surface area contributed by atoms with Gasteiger partial charge in [-0.25, -0.2) is 8.78 Å². The molecule has 0 atom stereocenters. The maximum absolute atomic E-state index is 14.7. The number of hydrogen-bond donors (Lipinski definition) is 2. The van der Waals surface area contributed by atoms with Gasteiger partial charge in [0.25, 0.3) is 0 Å². The largest absolute Gasteiger partial charge is 0.505 e. The molecule has 0 heterocycles. The molecule has 0 fully saturated rings. The van der Waals surface area contributed by atoms with Crippen molar-refractivity contribution in [3.8, 4) is 11.5 Å². The van der Waals surface area contributed by atoms with Gasteiger partial charge in [-0.2, -0.15) is 4.39 Å². The molecule has 3 aromatic rings. The molecule has 26 heavy (non-hydrogen) atoms. The highest BCUT2D eigenvalue weighted by molar-refractivity contribution is 6.04. The summed E-state index contributed by atoms with van der Waals surface area (Å²) in [5.74, 6) is -4.62. The predicted molar refractivity (Wildman–Crippen MR) is 92.1 cm³/mol. The van der Waals surface area contributed by atoms with Crippen LogP contribution in [0.3, 0.4) is 0 Å². The Balaban J connectivity index is 2.05. The average Bonchev–Trinajstić information content (AvgIpc) is 3.03. The van der Waals surface area contributed by atoms with Gasteiger partial charge in [-0.15, -0.1) is 0 Å². The van der Waals surface area contributed by atoms with Crippen LogP contribution in [-0.2, 0) is 6.42 Å². The molecule has 3 aromatic carbocycles. The Kier molecular flexibility index (Phi) is 3.72. The van der Waals surface area contributed by atoms with Crippen molar-refractivity contribution in [3.05, 3.63) is 94.3 Å². The number of aromatic hydroxyl groups is 2. The van der Waals surface area contributed by atoms with Crippen molar-refractivity contribution in [1.82, 2.24) is 0 Å². The third-order valence-electron chi connectivity index (χ3n) is 4.58. The lowest BCUT2D eigenvalue weighted by Gasteiger charge is -2.12. The molecule has 1 aliphatic carbocycles. The first-order valence-corrected chi connectivity index (χ1v) is 7.95. The van der Waals surface area contributed by atoms with Crippen LogP contribution < -0.4 is 0 Å². The van der Waals surface area contributed by atoms with E-state index in [1.807, 2.05) is 0 Å². The van der Waals surface area contributed by atoms with Crippen molar-refractivity contribution in [2.24, 2.45) is 0 Å². The molecule has 2 nitrogen and oxygen atoms in total. The van der Waals surface area contributed by atoms with Gasteiger partial charge in [0.05, 0.1) is 0 Å². The van der Waals surface area contributed by atoms with Crippen molar-refractivity contribution in [1.29, 1.82) is 0 Å². The smallest absolute Gasteiger partial charge is 0.200 e. The van der Waals surface area contributed by atoms with E-state index in [1.54, 1.807) is 36.4 Å². The maximum Gasteiger partial charge on any atom is 0.200 e. The Morgan fingerprint density at radius 1 is 0.692 bits per heavy atom. The topological polar surface area (TPSA) is 40.5 Å². The minimum absolute atomic E-state index is 0.0470. The molecule has 4 rings (SSSR count). The zero-order chi connectivity index (χ0) is 18.4. The van der Waals surface area contributed by atoms with Crippen LogP contribution in [0.4, 0.5) is 13.2 Å². The summed E-state index contributed by atoms with van der Waals surface area (Å²) < 4.78 is 43.1. The van der Waals surface area contributed by atoms with Crippen molar-refractivity contribution in [3.63, 3.8) is 0 Å². The average molecular weight is 354 g/mol. The molecule has 0 saturated carbocycles. The number of allylic oxidation sites excluding steroid dienone is 1. The van der Waals surface area contributed by atoms with E-state index in [4.69, 9.17) is 0 Å². The van der Waals surface area contributed by atoms with Crippen LogP contribution >= 0.6 is 0 Å². The standard InChI is InChI=1S/C21H13F3O2/c22-19-13(7-9-16(26)21(19)24)14-10-12-6-8-15(25)20(23)18(12)17(14)11-4-2-1-3-5-11/h1-9,25-26H,10H2. The Hall–Kier alpha value is -3.21. The summed E-state index contributed by atoms with van der Waals surface area (Å²) in [6, 6.07) is 13.9. The van der Waals surface area contributed by atoms with Crippen LogP contribution in [0.25, 0.3) is 11.1 Å². The highest BCUT2D eigenvalue weighted by Crippen LogP contribution is 2.46. The lowest BCUT2D eigenvalue weighted by molar-refractivity contribution is 0.406. The molecular weight excluding hydrogens is 341 g/mol. The Morgan fingerprint density at radius 2 is 1.35 bits per heavy atom. The molecule has 0 bridgehead atoms. The number of rotatable bonds is 2. The molecule has 2 N–H and O–H groups in total. The van der Waals surface area contributed by atoms with Crippen LogP contribution in [0.15, 0.2) is 54.6 Å². The summed E-state index contributed by atoms with van der Waals surface area (Å²) in [5.41, 5.74) is 2.12. The van der Waals surface area contributed by atoms with Crippen LogP contribution in [0.2, 0.25) is 0 Å². The third kappa shape index (κ3) is 2.36. The van der Waals surface area contributed by atoms with E-state index >= 15 is 0 Å². The predicted octanol–water partition coefficient (Wildman–Crippen LogP) is 5.03. The van der Waals surface area contributed by atoms with Gasteiger partial charge < -0.3 is 10.2 Å². The van der Waals surface area contributed by atoms with E-state index in [-0.39, 0.29) is 17.5 Å². The molecule has 5 heteroatoms. The first-order chi connectivity index (χ1) is 12.5. The minimum Gasteiger partial charge on any atom is -0.505 e. The van der Waals surface area contributed by atoms with E-state index < -0.39 is 29.0 Å². The molecule has 0 unspecified atom stereocenters. The van der Waals surface area contributed by atoms with Crippen LogP contribution in [-0.4, -0.2) is 10.2 Å². The summed E-state index contributed by atoms with van der Waals surface area (Å²) in [4.78, 5) is 0. The van der Waals surface area contributed by atoms with Gasteiger partial charge in [-0.3, -0.25) is 0 Å². The zero-order valence-electron chi connectivity index (χ0n) is 13.4. The molecule has 0 saturated heterocycles. The highest BCUT2D eigenvalue weighted by Gasteiger charge is 2.30. The molecule has 130 valence electrons. The zero-order valence-corrected chi connectivity index (χ0v) is 13.4. The quantitative estimate of drug-likeness (QED) is 0.678.